The van der Waals surface area contributed by atoms with E-state index in [-0.39, 0.29) is 11.8 Å². The fourth-order valence-electron chi connectivity index (χ4n) is 1.98. The van der Waals surface area contributed by atoms with Crippen LogP contribution in [-0.4, -0.2) is 44.2 Å². The number of rotatable bonds is 8. The summed E-state index contributed by atoms with van der Waals surface area (Å²) in [4.78, 5) is 14.1. The molecule has 0 spiro atoms. The molecule has 106 valence electrons. The van der Waals surface area contributed by atoms with Crippen molar-refractivity contribution in [1.29, 1.82) is 0 Å². The Morgan fingerprint density at radius 1 is 1.42 bits per heavy atom. The maximum atomic E-state index is 11.9. The molecule has 0 heterocycles. The number of nitrogens with two attached hydrogens (primary N) is 1. The van der Waals surface area contributed by atoms with Crippen LogP contribution in [0.1, 0.15) is 18.4 Å². The third-order valence-corrected chi connectivity index (χ3v) is 3.16. The minimum atomic E-state index is -0.261. The normalized spacial score (nSPS) is 12.4. The van der Waals surface area contributed by atoms with E-state index in [1.807, 2.05) is 30.3 Å². The van der Waals surface area contributed by atoms with Gasteiger partial charge in [0.15, 0.2) is 0 Å². The zero-order valence-electron chi connectivity index (χ0n) is 11.6. The molecule has 0 bridgehead atoms. The zero-order valence-corrected chi connectivity index (χ0v) is 11.6. The first-order valence-electron chi connectivity index (χ1n) is 6.49. The van der Waals surface area contributed by atoms with E-state index in [4.69, 9.17) is 10.6 Å². The molecular weight excluding hydrogens is 242 g/mol. The van der Waals surface area contributed by atoms with Crippen LogP contribution in [0.2, 0.25) is 0 Å². The lowest BCUT2D eigenvalue weighted by Crippen LogP contribution is -2.41. The number of methoxy groups -OCH3 is 1. The van der Waals surface area contributed by atoms with Gasteiger partial charge in [0.25, 0.3) is 0 Å². The molecule has 19 heavy (non-hydrogen) atoms. The van der Waals surface area contributed by atoms with E-state index in [2.05, 4.69) is 17.2 Å². The molecular formula is C14H23N3O2. The largest absolute Gasteiger partial charge is 0.383 e. The standard InChI is InChI=1S/C14H23N3O2/c1-3-17(9-10-19-2)11-13(14(18)16-15)12-7-5-4-6-8-12/h4-8,13H,3,9-11,15H2,1-2H3,(H,16,18). The average molecular weight is 265 g/mol. The molecule has 3 N–H and O–H groups in total. The van der Waals surface area contributed by atoms with E-state index in [1.165, 1.54) is 0 Å². The minimum absolute atomic E-state index is 0.165. The van der Waals surface area contributed by atoms with Crippen LogP contribution in [0, 0.1) is 0 Å². The van der Waals surface area contributed by atoms with Gasteiger partial charge in [-0.3, -0.25) is 10.2 Å². The van der Waals surface area contributed by atoms with Gasteiger partial charge in [-0.1, -0.05) is 37.3 Å². The summed E-state index contributed by atoms with van der Waals surface area (Å²) >= 11 is 0. The van der Waals surface area contributed by atoms with Gasteiger partial charge in [-0.15, -0.1) is 0 Å². The fraction of sp³-hybridized carbons (Fsp3) is 0.500. The van der Waals surface area contributed by atoms with Crippen molar-refractivity contribution in [3.05, 3.63) is 35.9 Å². The number of amides is 1. The molecule has 1 rings (SSSR count). The van der Waals surface area contributed by atoms with E-state index in [9.17, 15) is 4.79 Å². The number of hydrogen-bond donors (Lipinski definition) is 2. The van der Waals surface area contributed by atoms with Crippen molar-refractivity contribution in [2.75, 3.05) is 33.4 Å². The summed E-state index contributed by atoms with van der Waals surface area (Å²) in [6, 6.07) is 9.69. The van der Waals surface area contributed by atoms with E-state index in [0.717, 1.165) is 18.7 Å². The Labute approximate surface area is 114 Å². The molecule has 1 atom stereocenters. The number of hydrazine groups is 1. The topological polar surface area (TPSA) is 67.6 Å². The van der Waals surface area contributed by atoms with Crippen molar-refractivity contribution < 1.29 is 9.53 Å². The Morgan fingerprint density at radius 2 is 2.11 bits per heavy atom. The fourth-order valence-corrected chi connectivity index (χ4v) is 1.98. The molecule has 0 radical (unpaired) electrons. The van der Waals surface area contributed by atoms with Crippen LogP contribution in [-0.2, 0) is 9.53 Å². The molecule has 1 amide bonds. The number of nitrogens with one attached hydrogen (secondary N) is 1. The summed E-state index contributed by atoms with van der Waals surface area (Å²) < 4.78 is 5.08. The highest BCUT2D eigenvalue weighted by Crippen LogP contribution is 2.17. The second kappa shape index (κ2) is 8.63. The lowest BCUT2D eigenvalue weighted by atomic mass is 9.97. The second-order valence-electron chi connectivity index (χ2n) is 4.36. The predicted octanol–water partition coefficient (Wildman–Crippen LogP) is 0.728. The number of carbonyl (C=O) groups is 1. The number of likely N-dealkylation sites (N-methyl/N-ethyl adjacent to an activating group) is 1. The number of benzene rings is 1. The Hall–Kier alpha value is -1.43. The summed E-state index contributed by atoms with van der Waals surface area (Å²) in [5.41, 5.74) is 3.23. The lowest BCUT2D eigenvalue weighted by Gasteiger charge is -2.25. The molecule has 1 unspecified atom stereocenters. The van der Waals surface area contributed by atoms with Gasteiger partial charge in [0.05, 0.1) is 12.5 Å². The van der Waals surface area contributed by atoms with E-state index in [1.54, 1.807) is 7.11 Å². The number of nitrogens with zero attached hydrogens (tertiary/aromatic N) is 1. The highest BCUT2D eigenvalue weighted by Gasteiger charge is 2.22. The summed E-state index contributed by atoms with van der Waals surface area (Å²) in [7, 11) is 1.68. The van der Waals surface area contributed by atoms with Gasteiger partial charge in [0.1, 0.15) is 0 Å². The third kappa shape index (κ3) is 4.98. The van der Waals surface area contributed by atoms with Gasteiger partial charge >= 0.3 is 0 Å². The lowest BCUT2D eigenvalue weighted by molar-refractivity contribution is -0.123. The van der Waals surface area contributed by atoms with Crippen LogP contribution in [0.25, 0.3) is 0 Å². The molecule has 0 saturated carbocycles. The van der Waals surface area contributed by atoms with Crippen LogP contribution in [0.15, 0.2) is 30.3 Å². The highest BCUT2D eigenvalue weighted by molar-refractivity contribution is 5.83. The predicted molar refractivity (Wildman–Crippen MR) is 75.5 cm³/mol. The van der Waals surface area contributed by atoms with Crippen LogP contribution < -0.4 is 11.3 Å². The molecule has 0 aromatic heterocycles. The van der Waals surface area contributed by atoms with Gasteiger partial charge in [-0.25, -0.2) is 5.84 Å². The van der Waals surface area contributed by atoms with Crippen molar-refractivity contribution in [2.24, 2.45) is 5.84 Å². The Morgan fingerprint density at radius 3 is 2.63 bits per heavy atom. The summed E-state index contributed by atoms with van der Waals surface area (Å²) in [5.74, 6) is 4.86. The van der Waals surface area contributed by atoms with Gasteiger partial charge in [0.2, 0.25) is 5.91 Å². The van der Waals surface area contributed by atoms with E-state index < -0.39 is 0 Å². The van der Waals surface area contributed by atoms with Crippen molar-refractivity contribution in [3.8, 4) is 0 Å². The molecule has 5 nitrogen and oxygen atoms in total. The molecule has 1 aromatic carbocycles. The summed E-state index contributed by atoms with van der Waals surface area (Å²) in [6.07, 6.45) is 0. The quantitative estimate of drug-likeness (QED) is 0.413. The highest BCUT2D eigenvalue weighted by atomic mass is 16.5. The van der Waals surface area contributed by atoms with Crippen molar-refractivity contribution in [3.63, 3.8) is 0 Å². The van der Waals surface area contributed by atoms with Gasteiger partial charge in [0, 0.05) is 20.2 Å². The first-order chi connectivity index (χ1) is 9.22. The Balaban J connectivity index is 2.77. The zero-order chi connectivity index (χ0) is 14.1. The SMILES string of the molecule is CCN(CCOC)CC(C(=O)NN)c1ccccc1. The average Bonchev–Trinajstić information content (AvgIpc) is 2.48. The van der Waals surface area contributed by atoms with Crippen LogP contribution >= 0.6 is 0 Å². The molecule has 5 heteroatoms. The van der Waals surface area contributed by atoms with E-state index in [0.29, 0.717) is 13.2 Å². The van der Waals surface area contributed by atoms with Crippen LogP contribution in [0.4, 0.5) is 0 Å². The maximum absolute atomic E-state index is 11.9. The smallest absolute Gasteiger partial charge is 0.242 e. The third-order valence-electron chi connectivity index (χ3n) is 3.16. The molecule has 0 aliphatic carbocycles. The van der Waals surface area contributed by atoms with Crippen molar-refractivity contribution >= 4 is 5.91 Å². The van der Waals surface area contributed by atoms with Gasteiger partial charge in [-0.05, 0) is 12.1 Å². The van der Waals surface area contributed by atoms with Gasteiger partial charge in [-0.2, -0.15) is 0 Å². The van der Waals surface area contributed by atoms with Crippen molar-refractivity contribution in [1.82, 2.24) is 10.3 Å². The maximum Gasteiger partial charge on any atom is 0.242 e. The van der Waals surface area contributed by atoms with Crippen LogP contribution in [0.5, 0.6) is 0 Å². The van der Waals surface area contributed by atoms with Crippen molar-refractivity contribution in [2.45, 2.75) is 12.8 Å². The molecule has 0 fully saturated rings. The number of hydrogen-bond acceptors (Lipinski definition) is 4. The van der Waals surface area contributed by atoms with Gasteiger partial charge < -0.3 is 9.64 Å². The first-order valence-corrected chi connectivity index (χ1v) is 6.49. The number of ether oxygens (including phenoxy) is 1. The van der Waals surface area contributed by atoms with E-state index >= 15 is 0 Å². The molecule has 0 saturated heterocycles. The second-order valence-corrected chi connectivity index (χ2v) is 4.36. The minimum Gasteiger partial charge on any atom is -0.383 e. The summed E-state index contributed by atoms with van der Waals surface area (Å²) in [5, 5.41) is 0. The molecule has 0 aliphatic heterocycles. The van der Waals surface area contributed by atoms with Crippen LogP contribution in [0.3, 0.4) is 0 Å². The first kappa shape index (κ1) is 15.6. The Kier molecular flexibility index (Phi) is 7.10. The number of carbonyl (C=O) groups excluding carboxylic acids is 1. The molecule has 1 aromatic rings. The monoisotopic (exact) mass is 265 g/mol. The molecule has 0 aliphatic rings. The Bertz CT molecular complexity index is 370. The summed E-state index contributed by atoms with van der Waals surface area (Å²) in [6.45, 7) is 5.02.